The predicted molar refractivity (Wildman–Crippen MR) is 115 cm³/mol. The van der Waals surface area contributed by atoms with E-state index in [0.717, 1.165) is 15.8 Å². The monoisotopic (exact) mass is 414 g/mol. The van der Waals surface area contributed by atoms with Crippen molar-refractivity contribution in [1.82, 2.24) is 10.0 Å². The second kappa shape index (κ2) is 9.23. The van der Waals surface area contributed by atoms with E-state index in [-0.39, 0.29) is 11.7 Å². The number of fused-ring (bicyclic) bond motifs is 1. The molecule has 0 radical (unpaired) electrons. The largest absolute Gasteiger partial charge is 0.351 e. The number of nitrogens with one attached hydrogen (secondary N) is 2. The van der Waals surface area contributed by atoms with Crippen molar-refractivity contribution in [2.75, 3.05) is 12.8 Å². The number of thioether (sulfide) groups is 1. The molecule has 3 rings (SSSR count). The van der Waals surface area contributed by atoms with Gasteiger partial charge in [0, 0.05) is 11.4 Å². The second-order valence-electron chi connectivity index (χ2n) is 6.35. The van der Waals surface area contributed by atoms with Crippen molar-refractivity contribution in [3.8, 4) is 0 Å². The van der Waals surface area contributed by atoms with Crippen LogP contribution in [-0.4, -0.2) is 27.1 Å². The maximum atomic E-state index is 12.1. The summed E-state index contributed by atoms with van der Waals surface area (Å²) in [4.78, 5) is 13.2. The lowest BCUT2D eigenvalue weighted by molar-refractivity contribution is -0.118. The molecule has 0 aliphatic heterocycles. The summed E-state index contributed by atoms with van der Waals surface area (Å²) in [5, 5.41) is 5.24. The molecule has 0 aromatic heterocycles. The van der Waals surface area contributed by atoms with Gasteiger partial charge in [-0.25, -0.2) is 13.1 Å². The van der Waals surface area contributed by atoms with Crippen LogP contribution in [-0.2, 0) is 27.1 Å². The van der Waals surface area contributed by atoms with Crippen molar-refractivity contribution in [1.29, 1.82) is 0 Å². The Morgan fingerprint density at radius 3 is 2.32 bits per heavy atom. The van der Waals surface area contributed by atoms with Crippen molar-refractivity contribution in [2.24, 2.45) is 0 Å². The Kier molecular flexibility index (Phi) is 6.72. The summed E-state index contributed by atoms with van der Waals surface area (Å²) in [6.45, 7) is 0.413. The normalized spacial score (nSPS) is 11.5. The molecule has 5 nitrogen and oxygen atoms in total. The molecule has 3 aromatic rings. The number of carbonyl (C=O) groups is 1. The summed E-state index contributed by atoms with van der Waals surface area (Å²) >= 11 is 1.50. The highest BCUT2D eigenvalue weighted by atomic mass is 32.2. The summed E-state index contributed by atoms with van der Waals surface area (Å²) in [7, 11) is -1.88. The summed E-state index contributed by atoms with van der Waals surface area (Å²) in [6, 6.07) is 21.5. The van der Waals surface area contributed by atoms with Crippen LogP contribution in [0.2, 0.25) is 0 Å². The van der Waals surface area contributed by atoms with Crippen LogP contribution in [0.4, 0.5) is 0 Å². The van der Waals surface area contributed by atoms with Crippen LogP contribution in [0.1, 0.15) is 11.1 Å². The van der Waals surface area contributed by atoms with Crippen LogP contribution in [0.15, 0.2) is 71.6 Å². The molecule has 0 atom stereocenters. The number of hydrogen-bond donors (Lipinski definition) is 2. The van der Waals surface area contributed by atoms with Gasteiger partial charge in [-0.05, 0) is 41.1 Å². The standard InChI is InChI=1S/C21H22N2O3S2/c1-22-28(25,26)15-17-8-6-16(7-9-17)13-23-21(24)14-27-20-11-10-18-4-2-3-5-19(18)12-20/h2-12,22H,13-15H2,1H3,(H,23,24). The van der Waals surface area contributed by atoms with E-state index in [2.05, 4.69) is 34.3 Å². The van der Waals surface area contributed by atoms with Gasteiger partial charge < -0.3 is 5.32 Å². The van der Waals surface area contributed by atoms with Gasteiger partial charge in [-0.3, -0.25) is 4.79 Å². The van der Waals surface area contributed by atoms with Gasteiger partial charge in [-0.1, -0.05) is 54.6 Å². The van der Waals surface area contributed by atoms with E-state index < -0.39 is 10.0 Å². The number of benzene rings is 3. The highest BCUT2D eigenvalue weighted by Crippen LogP contribution is 2.23. The lowest BCUT2D eigenvalue weighted by atomic mass is 10.1. The Morgan fingerprint density at radius 1 is 0.929 bits per heavy atom. The first-order valence-corrected chi connectivity index (χ1v) is 11.5. The third-order valence-electron chi connectivity index (χ3n) is 4.27. The van der Waals surface area contributed by atoms with Gasteiger partial charge in [0.05, 0.1) is 11.5 Å². The summed E-state index contributed by atoms with van der Waals surface area (Å²) < 4.78 is 25.4. The topological polar surface area (TPSA) is 75.3 Å². The average Bonchev–Trinajstić information content (AvgIpc) is 2.71. The minimum atomic E-state index is -3.28. The first-order valence-electron chi connectivity index (χ1n) is 8.82. The van der Waals surface area contributed by atoms with E-state index >= 15 is 0 Å². The summed E-state index contributed by atoms with van der Waals surface area (Å²) in [5.74, 6) is 0.245. The molecule has 0 heterocycles. The van der Waals surface area contributed by atoms with Crippen LogP contribution >= 0.6 is 11.8 Å². The van der Waals surface area contributed by atoms with Crippen molar-refractivity contribution in [2.45, 2.75) is 17.2 Å². The van der Waals surface area contributed by atoms with Crippen molar-refractivity contribution < 1.29 is 13.2 Å². The van der Waals surface area contributed by atoms with E-state index in [4.69, 9.17) is 0 Å². The summed E-state index contributed by atoms with van der Waals surface area (Å²) in [5.41, 5.74) is 1.63. The van der Waals surface area contributed by atoms with Crippen LogP contribution in [0, 0.1) is 0 Å². The van der Waals surface area contributed by atoms with Gasteiger partial charge in [0.1, 0.15) is 0 Å². The molecule has 0 fully saturated rings. The SMILES string of the molecule is CNS(=O)(=O)Cc1ccc(CNC(=O)CSc2ccc3ccccc3c2)cc1. The fraction of sp³-hybridized carbons (Fsp3) is 0.190. The lowest BCUT2D eigenvalue weighted by Gasteiger charge is -2.07. The molecular formula is C21H22N2O3S2. The Hall–Kier alpha value is -2.35. The molecule has 28 heavy (non-hydrogen) atoms. The van der Waals surface area contributed by atoms with Crippen LogP contribution in [0.5, 0.6) is 0 Å². The number of sulfonamides is 1. The minimum Gasteiger partial charge on any atom is -0.351 e. The van der Waals surface area contributed by atoms with Gasteiger partial charge in [-0.15, -0.1) is 11.8 Å². The summed E-state index contributed by atoms with van der Waals surface area (Å²) in [6.07, 6.45) is 0. The molecule has 0 saturated carbocycles. The quantitative estimate of drug-likeness (QED) is 0.555. The molecule has 146 valence electrons. The highest BCUT2D eigenvalue weighted by molar-refractivity contribution is 8.00. The van der Waals surface area contributed by atoms with Crippen molar-refractivity contribution in [3.05, 3.63) is 77.9 Å². The highest BCUT2D eigenvalue weighted by Gasteiger charge is 2.08. The van der Waals surface area contributed by atoms with E-state index in [9.17, 15) is 13.2 Å². The van der Waals surface area contributed by atoms with E-state index in [1.54, 1.807) is 12.1 Å². The second-order valence-corrected chi connectivity index (χ2v) is 9.33. The Morgan fingerprint density at radius 2 is 1.61 bits per heavy atom. The molecule has 1 amide bonds. The zero-order valence-electron chi connectivity index (χ0n) is 15.5. The fourth-order valence-corrected chi connectivity index (χ4v) is 4.25. The molecule has 7 heteroatoms. The fourth-order valence-electron chi connectivity index (χ4n) is 2.70. The van der Waals surface area contributed by atoms with Crippen LogP contribution in [0.3, 0.4) is 0 Å². The maximum Gasteiger partial charge on any atom is 0.230 e. The Bertz CT molecular complexity index is 1060. The van der Waals surface area contributed by atoms with Gasteiger partial charge in [0.2, 0.25) is 15.9 Å². The van der Waals surface area contributed by atoms with Crippen LogP contribution < -0.4 is 10.0 Å². The molecule has 3 aromatic carbocycles. The molecule has 0 aliphatic rings. The van der Waals surface area contributed by atoms with Gasteiger partial charge in [0.15, 0.2) is 0 Å². The molecular weight excluding hydrogens is 392 g/mol. The zero-order valence-corrected chi connectivity index (χ0v) is 17.1. The first-order chi connectivity index (χ1) is 13.4. The zero-order chi connectivity index (χ0) is 20.0. The number of rotatable bonds is 8. The minimum absolute atomic E-state index is 0.0417. The van der Waals surface area contributed by atoms with Gasteiger partial charge in [-0.2, -0.15) is 0 Å². The molecule has 0 aliphatic carbocycles. The average molecular weight is 415 g/mol. The van der Waals surface area contributed by atoms with E-state index in [1.807, 2.05) is 30.3 Å². The van der Waals surface area contributed by atoms with E-state index in [1.165, 1.54) is 24.2 Å². The first kappa shape index (κ1) is 20.4. The molecule has 0 unspecified atom stereocenters. The Balaban J connectivity index is 1.48. The Labute approximate surface area is 169 Å². The lowest BCUT2D eigenvalue weighted by Crippen LogP contribution is -2.24. The van der Waals surface area contributed by atoms with Crippen molar-refractivity contribution in [3.63, 3.8) is 0 Å². The number of amides is 1. The third-order valence-corrected chi connectivity index (χ3v) is 6.60. The molecule has 0 saturated heterocycles. The van der Waals surface area contributed by atoms with Gasteiger partial charge in [0.25, 0.3) is 0 Å². The smallest absolute Gasteiger partial charge is 0.230 e. The molecule has 0 bridgehead atoms. The maximum absolute atomic E-state index is 12.1. The van der Waals surface area contributed by atoms with Gasteiger partial charge >= 0.3 is 0 Å². The predicted octanol–water partition coefficient (Wildman–Crippen LogP) is 3.30. The van der Waals surface area contributed by atoms with E-state index in [0.29, 0.717) is 17.9 Å². The molecule has 2 N–H and O–H groups in total. The number of carbonyl (C=O) groups excluding carboxylic acids is 1. The van der Waals surface area contributed by atoms with Crippen LogP contribution in [0.25, 0.3) is 10.8 Å². The molecule has 0 spiro atoms. The van der Waals surface area contributed by atoms with Crippen molar-refractivity contribution >= 4 is 38.5 Å². The third kappa shape index (κ3) is 5.82. The number of hydrogen-bond acceptors (Lipinski definition) is 4.